The van der Waals surface area contributed by atoms with E-state index in [0.29, 0.717) is 11.5 Å². The highest BCUT2D eigenvalue weighted by atomic mass is 16.5. The van der Waals surface area contributed by atoms with Crippen LogP contribution in [-0.2, 0) is 6.42 Å². The first-order chi connectivity index (χ1) is 12.4. The van der Waals surface area contributed by atoms with Gasteiger partial charge in [0.1, 0.15) is 0 Å². The van der Waals surface area contributed by atoms with E-state index < -0.39 is 0 Å². The van der Waals surface area contributed by atoms with Crippen molar-refractivity contribution in [2.24, 2.45) is 15.6 Å². The molecule has 7 nitrogen and oxygen atoms in total. The van der Waals surface area contributed by atoms with Crippen LogP contribution in [0.25, 0.3) is 0 Å². The van der Waals surface area contributed by atoms with E-state index in [9.17, 15) is 4.79 Å². The average molecular weight is 354 g/mol. The Morgan fingerprint density at radius 3 is 2.65 bits per heavy atom. The van der Waals surface area contributed by atoms with Crippen molar-refractivity contribution in [2.45, 2.75) is 26.7 Å². The van der Waals surface area contributed by atoms with E-state index in [1.807, 2.05) is 18.2 Å². The average Bonchev–Trinajstić information content (AvgIpc) is 2.61. The lowest BCUT2D eigenvalue weighted by atomic mass is 9.75. The minimum atomic E-state index is -0.236. The Hall–Kier alpha value is -2.96. The summed E-state index contributed by atoms with van der Waals surface area (Å²) in [5.74, 6) is 1.29. The van der Waals surface area contributed by atoms with Crippen LogP contribution in [0.2, 0.25) is 0 Å². The molecule has 1 aromatic carbocycles. The molecular formula is C19H22N4O3. The molecular weight excluding hydrogens is 332 g/mol. The standard InChI is InChI=1S/C19H22N4O3/c1-19(2)9-14(13-8-18(24)23-22-15(13)10-19)21-20-11-12-5-6-16(25-3)17(7-12)26-4/h5-8,11H,9-10H2,1-4H3,(H,23,24)/b20-11+,21-14+. The van der Waals surface area contributed by atoms with Crippen LogP contribution in [0, 0.1) is 5.41 Å². The summed E-state index contributed by atoms with van der Waals surface area (Å²) in [6.45, 7) is 4.30. The van der Waals surface area contributed by atoms with Crippen molar-refractivity contribution in [3.8, 4) is 11.5 Å². The van der Waals surface area contributed by atoms with Crippen molar-refractivity contribution in [2.75, 3.05) is 14.2 Å². The van der Waals surface area contributed by atoms with Gasteiger partial charge in [-0.25, -0.2) is 5.10 Å². The Morgan fingerprint density at radius 2 is 1.92 bits per heavy atom. The second kappa shape index (κ2) is 7.11. The van der Waals surface area contributed by atoms with E-state index in [4.69, 9.17) is 9.47 Å². The van der Waals surface area contributed by atoms with E-state index in [0.717, 1.165) is 35.4 Å². The van der Waals surface area contributed by atoms with Crippen LogP contribution in [-0.4, -0.2) is 36.3 Å². The van der Waals surface area contributed by atoms with Crippen molar-refractivity contribution in [1.82, 2.24) is 10.2 Å². The molecule has 0 saturated carbocycles. The third-order valence-corrected chi connectivity index (χ3v) is 4.28. The molecule has 0 spiro atoms. The Balaban J connectivity index is 1.92. The number of rotatable bonds is 4. The SMILES string of the molecule is COc1ccc(/C=N/N=C2\CC(C)(C)Cc3n[nH]c(=O)cc32)cc1OC. The molecule has 136 valence electrons. The number of fused-ring (bicyclic) bond motifs is 1. The zero-order valence-electron chi connectivity index (χ0n) is 15.4. The number of aromatic amines is 1. The van der Waals surface area contributed by atoms with Gasteiger partial charge in [0.05, 0.1) is 31.8 Å². The number of hydrogen-bond donors (Lipinski definition) is 1. The van der Waals surface area contributed by atoms with Crippen LogP contribution in [0.1, 0.15) is 37.1 Å². The molecule has 0 fully saturated rings. The molecule has 1 heterocycles. The van der Waals surface area contributed by atoms with E-state index in [2.05, 4.69) is 34.2 Å². The van der Waals surface area contributed by atoms with Gasteiger partial charge in [0.25, 0.3) is 5.56 Å². The highest BCUT2D eigenvalue weighted by Gasteiger charge is 2.31. The van der Waals surface area contributed by atoms with Gasteiger partial charge in [-0.2, -0.15) is 15.3 Å². The largest absolute Gasteiger partial charge is 0.493 e. The van der Waals surface area contributed by atoms with E-state index in [1.165, 1.54) is 0 Å². The second-order valence-electron chi connectivity index (χ2n) is 7.02. The highest BCUT2D eigenvalue weighted by molar-refractivity contribution is 6.03. The zero-order chi connectivity index (χ0) is 18.7. The Morgan fingerprint density at radius 1 is 1.15 bits per heavy atom. The Bertz CT molecular complexity index is 929. The third-order valence-electron chi connectivity index (χ3n) is 4.28. The summed E-state index contributed by atoms with van der Waals surface area (Å²) in [6.07, 6.45) is 3.17. The first-order valence-electron chi connectivity index (χ1n) is 8.33. The number of nitrogens with one attached hydrogen (secondary N) is 1. The van der Waals surface area contributed by atoms with Gasteiger partial charge in [-0.15, -0.1) is 0 Å². The molecule has 26 heavy (non-hydrogen) atoms. The van der Waals surface area contributed by atoms with Crippen LogP contribution < -0.4 is 15.0 Å². The minimum Gasteiger partial charge on any atom is -0.493 e. The van der Waals surface area contributed by atoms with Crippen molar-refractivity contribution in [1.29, 1.82) is 0 Å². The lowest BCUT2D eigenvalue weighted by Crippen LogP contribution is -2.30. The van der Waals surface area contributed by atoms with Gasteiger partial charge < -0.3 is 9.47 Å². The molecule has 1 aliphatic rings. The quantitative estimate of drug-likeness (QED) is 0.675. The number of benzene rings is 1. The molecule has 1 aromatic heterocycles. The maximum absolute atomic E-state index is 11.6. The lowest BCUT2D eigenvalue weighted by Gasteiger charge is -2.30. The summed E-state index contributed by atoms with van der Waals surface area (Å²) in [5, 5.41) is 15.3. The fourth-order valence-electron chi connectivity index (χ4n) is 3.07. The molecule has 7 heteroatoms. The topological polar surface area (TPSA) is 88.9 Å². The van der Waals surface area contributed by atoms with Gasteiger partial charge in [-0.3, -0.25) is 4.79 Å². The van der Waals surface area contributed by atoms with E-state index >= 15 is 0 Å². The first kappa shape index (κ1) is 17.8. The summed E-state index contributed by atoms with van der Waals surface area (Å²) in [5.41, 5.74) is 3.01. The summed E-state index contributed by atoms with van der Waals surface area (Å²) >= 11 is 0. The van der Waals surface area contributed by atoms with Gasteiger partial charge in [0, 0.05) is 11.6 Å². The normalized spacial score (nSPS) is 17.3. The van der Waals surface area contributed by atoms with E-state index in [1.54, 1.807) is 26.5 Å². The number of nitrogens with zero attached hydrogens (tertiary/aromatic N) is 3. The van der Waals surface area contributed by atoms with Gasteiger partial charge in [-0.05, 0) is 42.0 Å². The molecule has 0 saturated heterocycles. The van der Waals surface area contributed by atoms with E-state index in [-0.39, 0.29) is 11.0 Å². The van der Waals surface area contributed by atoms with Gasteiger partial charge in [-0.1, -0.05) is 13.8 Å². The van der Waals surface area contributed by atoms with Crippen molar-refractivity contribution >= 4 is 11.9 Å². The van der Waals surface area contributed by atoms with Crippen molar-refractivity contribution < 1.29 is 9.47 Å². The highest BCUT2D eigenvalue weighted by Crippen LogP contribution is 2.33. The van der Waals surface area contributed by atoms with Gasteiger partial charge in [0.15, 0.2) is 11.5 Å². The maximum atomic E-state index is 11.6. The van der Waals surface area contributed by atoms with Crippen LogP contribution in [0.15, 0.2) is 39.3 Å². The lowest BCUT2D eigenvalue weighted by molar-refractivity contribution is 0.355. The molecule has 0 radical (unpaired) electrons. The molecule has 0 aliphatic heterocycles. The number of methoxy groups -OCH3 is 2. The van der Waals surface area contributed by atoms with Crippen LogP contribution in [0.5, 0.6) is 11.5 Å². The fourth-order valence-corrected chi connectivity index (χ4v) is 3.07. The zero-order valence-corrected chi connectivity index (χ0v) is 15.4. The smallest absolute Gasteiger partial charge is 0.264 e. The summed E-state index contributed by atoms with van der Waals surface area (Å²) in [7, 11) is 3.18. The molecule has 1 aliphatic carbocycles. The number of ether oxygens (including phenoxy) is 2. The monoisotopic (exact) mass is 354 g/mol. The van der Waals surface area contributed by atoms with Crippen LogP contribution in [0.3, 0.4) is 0 Å². The molecule has 0 atom stereocenters. The third kappa shape index (κ3) is 3.82. The predicted molar refractivity (Wildman–Crippen MR) is 101 cm³/mol. The minimum absolute atomic E-state index is 0.00985. The maximum Gasteiger partial charge on any atom is 0.264 e. The summed E-state index contributed by atoms with van der Waals surface area (Å²) < 4.78 is 10.5. The van der Waals surface area contributed by atoms with Gasteiger partial charge >= 0.3 is 0 Å². The molecule has 3 rings (SSSR count). The second-order valence-corrected chi connectivity index (χ2v) is 7.02. The predicted octanol–water partition coefficient (Wildman–Crippen LogP) is 2.58. The van der Waals surface area contributed by atoms with Crippen molar-refractivity contribution in [3.63, 3.8) is 0 Å². The number of H-pyrrole nitrogens is 1. The molecule has 1 N–H and O–H groups in total. The molecule has 2 aromatic rings. The van der Waals surface area contributed by atoms with Gasteiger partial charge in [0.2, 0.25) is 0 Å². The molecule has 0 unspecified atom stereocenters. The number of aromatic nitrogens is 2. The van der Waals surface area contributed by atoms with Crippen LogP contribution in [0.4, 0.5) is 0 Å². The number of hydrogen-bond acceptors (Lipinski definition) is 6. The molecule has 0 amide bonds. The van der Waals surface area contributed by atoms with Crippen LogP contribution >= 0.6 is 0 Å². The first-order valence-corrected chi connectivity index (χ1v) is 8.33. The Kier molecular flexibility index (Phi) is 4.88. The summed E-state index contributed by atoms with van der Waals surface area (Å²) in [6, 6.07) is 7.06. The van der Waals surface area contributed by atoms with Crippen molar-refractivity contribution in [3.05, 3.63) is 51.4 Å². The Labute approximate surface area is 151 Å². The molecule has 0 bridgehead atoms. The fraction of sp³-hybridized carbons (Fsp3) is 0.368. The summed E-state index contributed by atoms with van der Waals surface area (Å²) in [4.78, 5) is 11.6.